The van der Waals surface area contributed by atoms with Crippen LogP contribution in [0.2, 0.25) is 0 Å². The van der Waals surface area contributed by atoms with Crippen LogP contribution in [-0.2, 0) is 0 Å². The first-order valence-electron chi connectivity index (χ1n) is 8.30. The maximum Gasteiger partial charge on any atom is 0.154 e. The zero-order chi connectivity index (χ0) is 14.9. The highest BCUT2D eigenvalue weighted by molar-refractivity contribution is 9.10. The molecule has 2 aliphatic rings. The molecule has 2 fully saturated rings. The number of hydrogen-bond donors (Lipinski definition) is 1. The van der Waals surface area contributed by atoms with Gasteiger partial charge in [0, 0.05) is 12.1 Å². The van der Waals surface area contributed by atoms with Crippen molar-refractivity contribution >= 4 is 27.4 Å². The Morgan fingerprint density at radius 2 is 1.86 bits per heavy atom. The highest BCUT2D eigenvalue weighted by Crippen LogP contribution is 2.27. The molecule has 0 bridgehead atoms. The lowest BCUT2D eigenvalue weighted by Crippen LogP contribution is -2.39. The van der Waals surface area contributed by atoms with Gasteiger partial charge < -0.3 is 10.2 Å². The van der Waals surface area contributed by atoms with E-state index in [2.05, 4.69) is 36.2 Å². The summed E-state index contributed by atoms with van der Waals surface area (Å²) in [6.45, 7) is 2.63. The topological polar surface area (TPSA) is 45.5 Å². The molecule has 1 saturated heterocycles. The van der Waals surface area contributed by atoms with Gasteiger partial charge in [0.25, 0.3) is 0 Å². The minimum absolute atomic E-state index is 0.547. The zero-order valence-corrected chi connectivity index (χ0v) is 14.3. The molecule has 0 aromatic carbocycles. The Bertz CT molecular complexity index is 641. The summed E-state index contributed by atoms with van der Waals surface area (Å²) in [5.41, 5.74) is 0.871. The van der Waals surface area contributed by atoms with Crippen molar-refractivity contribution in [3.8, 4) is 0 Å². The Morgan fingerprint density at radius 1 is 1.09 bits per heavy atom. The van der Waals surface area contributed by atoms with Crippen molar-refractivity contribution in [3.05, 3.63) is 22.9 Å². The fourth-order valence-electron chi connectivity index (χ4n) is 3.82. The molecule has 0 amide bonds. The minimum atomic E-state index is 0.547. The molecule has 5 nitrogen and oxygen atoms in total. The Balaban J connectivity index is 1.38. The number of halogens is 1. The predicted molar refractivity (Wildman–Crippen MR) is 91.2 cm³/mol. The fourth-order valence-corrected chi connectivity index (χ4v) is 4.19. The van der Waals surface area contributed by atoms with Gasteiger partial charge in [0.1, 0.15) is 10.4 Å². The van der Waals surface area contributed by atoms with Crippen molar-refractivity contribution in [2.24, 2.45) is 0 Å². The Morgan fingerprint density at radius 3 is 2.64 bits per heavy atom. The highest BCUT2D eigenvalue weighted by Gasteiger charge is 2.27. The normalized spacial score (nSPS) is 26.6. The standard InChI is InChI=1S/C16H22BrN5/c17-14-11-18-16-8-7-15(20-22(14)16)19-12-3-5-13(6-4-12)21-9-1-2-10-21/h7-8,11-13H,1-6,9-10H2,(H,19,20). The van der Waals surface area contributed by atoms with Crippen LogP contribution in [0.5, 0.6) is 0 Å². The summed E-state index contributed by atoms with van der Waals surface area (Å²) in [7, 11) is 0. The number of fused-ring (bicyclic) bond motifs is 1. The van der Waals surface area contributed by atoms with E-state index in [9.17, 15) is 0 Å². The van der Waals surface area contributed by atoms with Crippen LogP contribution in [0.25, 0.3) is 5.65 Å². The summed E-state index contributed by atoms with van der Waals surface area (Å²) in [6.07, 6.45) is 9.68. The van der Waals surface area contributed by atoms with E-state index in [0.717, 1.165) is 22.1 Å². The Labute approximate surface area is 139 Å². The molecule has 2 aromatic rings. The van der Waals surface area contributed by atoms with Gasteiger partial charge in [-0.05, 0) is 79.7 Å². The molecule has 1 saturated carbocycles. The van der Waals surface area contributed by atoms with Crippen LogP contribution in [-0.4, -0.2) is 44.7 Å². The van der Waals surface area contributed by atoms with E-state index in [1.807, 2.05) is 16.6 Å². The van der Waals surface area contributed by atoms with Crippen LogP contribution in [0.4, 0.5) is 5.82 Å². The molecule has 2 aromatic heterocycles. The summed E-state index contributed by atoms with van der Waals surface area (Å²) < 4.78 is 2.72. The molecule has 0 unspecified atom stereocenters. The van der Waals surface area contributed by atoms with Gasteiger partial charge in [0.05, 0.1) is 6.20 Å². The van der Waals surface area contributed by atoms with Crippen molar-refractivity contribution in [2.75, 3.05) is 18.4 Å². The van der Waals surface area contributed by atoms with E-state index < -0.39 is 0 Å². The number of nitrogens with zero attached hydrogens (tertiary/aromatic N) is 4. The van der Waals surface area contributed by atoms with Crippen LogP contribution >= 0.6 is 15.9 Å². The molecule has 1 N–H and O–H groups in total. The Hall–Kier alpha value is -1.14. The molecule has 0 spiro atoms. The number of aromatic nitrogens is 3. The largest absolute Gasteiger partial charge is 0.366 e. The van der Waals surface area contributed by atoms with Gasteiger partial charge >= 0.3 is 0 Å². The van der Waals surface area contributed by atoms with Crippen LogP contribution < -0.4 is 5.32 Å². The van der Waals surface area contributed by atoms with Gasteiger partial charge in [-0.1, -0.05) is 0 Å². The van der Waals surface area contributed by atoms with E-state index in [1.165, 1.54) is 51.6 Å². The number of imidazole rings is 1. The number of anilines is 1. The van der Waals surface area contributed by atoms with Crippen molar-refractivity contribution in [1.82, 2.24) is 19.5 Å². The summed E-state index contributed by atoms with van der Waals surface area (Å²) >= 11 is 3.48. The third-order valence-electron chi connectivity index (χ3n) is 5.03. The number of nitrogens with one attached hydrogen (secondary N) is 1. The first-order chi connectivity index (χ1) is 10.8. The molecule has 1 aliphatic carbocycles. The third-order valence-corrected chi connectivity index (χ3v) is 5.57. The molecule has 1 aliphatic heterocycles. The number of likely N-dealkylation sites (tertiary alicyclic amines) is 1. The Kier molecular flexibility index (Phi) is 4.05. The SMILES string of the molecule is Brc1cnc2ccc(NC3CCC(N4CCCC4)CC3)nn12. The predicted octanol–water partition coefficient (Wildman–Crippen LogP) is 3.31. The molecule has 4 rings (SSSR count). The van der Waals surface area contributed by atoms with E-state index >= 15 is 0 Å². The lowest BCUT2D eigenvalue weighted by molar-refractivity contribution is 0.186. The number of rotatable bonds is 3. The number of hydrogen-bond acceptors (Lipinski definition) is 4. The zero-order valence-electron chi connectivity index (χ0n) is 12.7. The second-order valence-electron chi connectivity index (χ2n) is 6.46. The smallest absolute Gasteiger partial charge is 0.154 e. The van der Waals surface area contributed by atoms with Crippen molar-refractivity contribution < 1.29 is 0 Å². The van der Waals surface area contributed by atoms with E-state index in [1.54, 1.807) is 6.20 Å². The average Bonchev–Trinajstić information content (AvgIpc) is 3.19. The van der Waals surface area contributed by atoms with Crippen LogP contribution in [0.15, 0.2) is 22.9 Å². The molecule has 6 heteroatoms. The van der Waals surface area contributed by atoms with Gasteiger partial charge in [0.2, 0.25) is 0 Å². The molecule has 3 heterocycles. The maximum atomic E-state index is 4.61. The molecule has 0 radical (unpaired) electrons. The van der Waals surface area contributed by atoms with Gasteiger partial charge in [-0.25, -0.2) is 9.50 Å². The average molecular weight is 364 g/mol. The van der Waals surface area contributed by atoms with Crippen molar-refractivity contribution in [1.29, 1.82) is 0 Å². The van der Waals surface area contributed by atoms with Crippen LogP contribution in [0, 0.1) is 0 Å². The first kappa shape index (κ1) is 14.5. The minimum Gasteiger partial charge on any atom is -0.366 e. The van der Waals surface area contributed by atoms with Gasteiger partial charge in [-0.2, -0.15) is 0 Å². The molecule has 0 atom stereocenters. The van der Waals surface area contributed by atoms with Gasteiger partial charge in [-0.3, -0.25) is 0 Å². The second-order valence-corrected chi connectivity index (χ2v) is 7.27. The lowest BCUT2D eigenvalue weighted by atomic mass is 9.90. The summed E-state index contributed by atoms with van der Waals surface area (Å²) in [5.74, 6) is 0.941. The summed E-state index contributed by atoms with van der Waals surface area (Å²) in [6, 6.07) is 5.40. The van der Waals surface area contributed by atoms with Gasteiger partial charge in [0.15, 0.2) is 5.65 Å². The lowest BCUT2D eigenvalue weighted by Gasteiger charge is -2.34. The summed E-state index contributed by atoms with van der Waals surface area (Å²) in [4.78, 5) is 6.98. The second kappa shape index (κ2) is 6.16. The first-order valence-corrected chi connectivity index (χ1v) is 9.10. The quantitative estimate of drug-likeness (QED) is 0.908. The molecular weight excluding hydrogens is 342 g/mol. The summed E-state index contributed by atoms with van der Waals surface area (Å²) in [5, 5.41) is 8.21. The van der Waals surface area contributed by atoms with E-state index in [4.69, 9.17) is 0 Å². The maximum absolute atomic E-state index is 4.61. The van der Waals surface area contributed by atoms with E-state index in [-0.39, 0.29) is 0 Å². The van der Waals surface area contributed by atoms with Gasteiger partial charge in [-0.15, -0.1) is 5.10 Å². The highest BCUT2D eigenvalue weighted by atomic mass is 79.9. The monoisotopic (exact) mass is 363 g/mol. The fraction of sp³-hybridized carbons (Fsp3) is 0.625. The van der Waals surface area contributed by atoms with Crippen molar-refractivity contribution in [2.45, 2.75) is 50.6 Å². The molecule has 22 heavy (non-hydrogen) atoms. The van der Waals surface area contributed by atoms with Crippen molar-refractivity contribution in [3.63, 3.8) is 0 Å². The third kappa shape index (κ3) is 2.86. The van der Waals surface area contributed by atoms with E-state index in [0.29, 0.717) is 6.04 Å². The van der Waals surface area contributed by atoms with Crippen LogP contribution in [0.1, 0.15) is 38.5 Å². The molecule has 118 valence electrons. The van der Waals surface area contributed by atoms with Crippen LogP contribution in [0.3, 0.4) is 0 Å². The molecular formula is C16H22BrN5.